The minimum atomic E-state index is -0.997. The molecule has 4 N–H and O–H groups in total. The van der Waals surface area contributed by atoms with E-state index in [1.165, 1.54) is 11.0 Å². The number of hydrogen-bond donors (Lipinski definition) is 4. The maximum atomic E-state index is 14.5. The normalized spacial score (nSPS) is 16.5. The van der Waals surface area contributed by atoms with E-state index in [9.17, 15) is 33.9 Å². The third kappa shape index (κ3) is 16.6. The fourth-order valence-electron chi connectivity index (χ4n) is 10.7. The number of β-amino-alcohol motifs (C(OH)–C–C–N with tert-alkyl or cyclic N) is 1. The van der Waals surface area contributed by atoms with Crippen molar-refractivity contribution in [2.45, 2.75) is 91.6 Å². The Balaban J connectivity index is 0.750. The highest BCUT2D eigenvalue weighted by Crippen LogP contribution is 2.40. The van der Waals surface area contributed by atoms with E-state index in [4.69, 9.17) is 42.1 Å². The number of amides is 5. The van der Waals surface area contributed by atoms with Crippen LogP contribution in [0.5, 0.6) is 0 Å². The predicted molar refractivity (Wildman–Crippen MR) is 338 cm³/mol. The second-order valence-electron chi connectivity index (χ2n) is 22.9. The number of hydrogen-bond acceptors (Lipinski definition) is 15. The number of carbonyl (C=O) groups excluding carboxylic acids is 5. The Hall–Kier alpha value is -7.08. The Kier molecular flexibility index (Phi) is 22.9. The number of piperazine rings is 1. The van der Waals surface area contributed by atoms with E-state index in [2.05, 4.69) is 32.5 Å². The number of halogens is 2. The topological polar surface area (TPSA) is 236 Å². The zero-order chi connectivity index (χ0) is 62.5. The van der Waals surface area contributed by atoms with Crippen molar-refractivity contribution in [1.29, 1.82) is 0 Å². The quantitative estimate of drug-likeness (QED) is 0.0300. The van der Waals surface area contributed by atoms with Crippen molar-refractivity contribution in [2.24, 2.45) is 5.41 Å². The van der Waals surface area contributed by atoms with Gasteiger partial charge in [-0.3, -0.25) is 28.5 Å². The number of aromatic nitrogens is 3. The lowest BCUT2D eigenvalue weighted by atomic mass is 9.85. The van der Waals surface area contributed by atoms with E-state index in [1.54, 1.807) is 50.6 Å². The Bertz CT molecular complexity index is 3500. The molecule has 87 heavy (non-hydrogen) atoms. The van der Waals surface area contributed by atoms with Gasteiger partial charge < -0.3 is 54.7 Å². The van der Waals surface area contributed by atoms with Gasteiger partial charge in [0.2, 0.25) is 23.6 Å². The summed E-state index contributed by atoms with van der Waals surface area (Å²) in [6.45, 7) is 20.0. The van der Waals surface area contributed by atoms with Crippen LogP contribution in [-0.2, 0) is 44.7 Å². The summed E-state index contributed by atoms with van der Waals surface area (Å²) < 4.78 is 24.0. The van der Waals surface area contributed by atoms with Gasteiger partial charge >= 0.3 is 5.69 Å². The molecule has 2 saturated heterocycles. The van der Waals surface area contributed by atoms with Gasteiger partial charge in [0.15, 0.2) is 0 Å². The van der Waals surface area contributed by atoms with Crippen molar-refractivity contribution in [1.82, 2.24) is 40.3 Å². The third-order valence-electron chi connectivity index (χ3n) is 15.3. The molecule has 8 rings (SSSR count). The molecule has 0 radical (unpaired) electrons. The lowest BCUT2D eigenvalue weighted by molar-refractivity contribution is -0.144. The molecule has 2 aliphatic rings. The van der Waals surface area contributed by atoms with Crippen LogP contribution >= 0.6 is 34.5 Å². The minimum absolute atomic E-state index is 0.0396. The number of thiazole rings is 1. The number of carbonyl (C=O) groups is 5. The number of rotatable bonds is 26. The summed E-state index contributed by atoms with van der Waals surface area (Å²) in [4.78, 5) is 96.3. The van der Waals surface area contributed by atoms with Gasteiger partial charge in [-0.1, -0.05) is 107 Å². The molecule has 5 amide bonds. The fourth-order valence-corrected chi connectivity index (χ4v) is 12.0. The van der Waals surface area contributed by atoms with Crippen LogP contribution in [0.2, 0.25) is 10.0 Å². The molecule has 4 heterocycles. The SMILES string of the molecule is C=CC(=O)N1CCN(c2nc(=O)n(-c3ccc(C(=O)NCCOCCOCCOCCOCC(=O)N[C@H](C(=O)N4C[C@H](O)C[C@H]4C(=O)NCc4ccc(-c5scnc5C)cc4)C(C)(C)C)cc3C(C)C)c3cc(-c4ccccc4Cl)c(Cl)cc23)[C@@H](C)C1. The highest BCUT2D eigenvalue weighted by atomic mass is 35.5. The molecule has 0 saturated carbocycles. The number of likely N-dealkylation sites (tertiary alicyclic amines) is 1. The number of benzene rings is 4. The second kappa shape index (κ2) is 30.2. The van der Waals surface area contributed by atoms with E-state index in [-0.39, 0.29) is 103 Å². The molecule has 2 fully saturated rings. The molecule has 0 bridgehead atoms. The number of anilines is 1. The Morgan fingerprint density at radius 3 is 2.18 bits per heavy atom. The van der Waals surface area contributed by atoms with Crippen LogP contribution < -0.4 is 26.5 Å². The largest absolute Gasteiger partial charge is 0.391 e. The van der Waals surface area contributed by atoms with Crippen LogP contribution in [0, 0.1) is 12.3 Å². The highest BCUT2D eigenvalue weighted by molar-refractivity contribution is 7.13. The van der Waals surface area contributed by atoms with Gasteiger partial charge in [0, 0.05) is 83.9 Å². The lowest BCUT2D eigenvalue weighted by Gasteiger charge is -2.40. The Morgan fingerprint density at radius 2 is 1.54 bits per heavy atom. The van der Waals surface area contributed by atoms with E-state index in [0.29, 0.717) is 68.8 Å². The smallest absolute Gasteiger partial charge is 0.354 e. The molecule has 6 aromatic rings. The van der Waals surface area contributed by atoms with Crippen LogP contribution in [0.25, 0.3) is 38.2 Å². The first kappa shape index (κ1) is 65.9. The highest BCUT2D eigenvalue weighted by Gasteiger charge is 2.44. The first-order valence-corrected chi connectivity index (χ1v) is 30.8. The van der Waals surface area contributed by atoms with Gasteiger partial charge in [0.05, 0.1) is 79.6 Å². The van der Waals surface area contributed by atoms with E-state index in [0.717, 1.165) is 27.3 Å². The molecule has 2 aliphatic heterocycles. The summed E-state index contributed by atoms with van der Waals surface area (Å²) in [6, 6.07) is 22.0. The number of fused-ring (bicyclic) bond motifs is 1. The average Bonchev–Trinajstić information content (AvgIpc) is 1.94. The number of aliphatic hydroxyl groups excluding tert-OH is 1. The van der Waals surface area contributed by atoms with Gasteiger partial charge in [-0.15, -0.1) is 11.3 Å². The third-order valence-corrected chi connectivity index (χ3v) is 16.9. The first-order chi connectivity index (χ1) is 41.6. The van der Waals surface area contributed by atoms with Crippen molar-refractivity contribution in [3.05, 3.63) is 140 Å². The monoisotopic (exact) mass is 1250 g/mol. The molecule has 0 unspecified atom stereocenters. The molecule has 464 valence electrons. The molecule has 0 aliphatic carbocycles. The first-order valence-electron chi connectivity index (χ1n) is 29.1. The predicted octanol–water partition coefficient (Wildman–Crippen LogP) is 7.74. The number of aryl methyl sites for hydroxylation is 1. The van der Waals surface area contributed by atoms with Crippen molar-refractivity contribution in [3.8, 4) is 27.3 Å². The molecule has 4 atom stereocenters. The maximum Gasteiger partial charge on any atom is 0.354 e. The van der Waals surface area contributed by atoms with Crippen LogP contribution in [0.1, 0.15) is 81.1 Å². The van der Waals surface area contributed by atoms with Gasteiger partial charge in [-0.2, -0.15) is 4.98 Å². The summed E-state index contributed by atoms with van der Waals surface area (Å²) >= 11 is 15.3. The lowest BCUT2D eigenvalue weighted by Crippen LogP contribution is -2.58. The van der Waals surface area contributed by atoms with Crippen molar-refractivity contribution in [3.63, 3.8) is 0 Å². The number of aliphatic hydroxyl groups is 1. The zero-order valence-electron chi connectivity index (χ0n) is 50.2. The van der Waals surface area contributed by atoms with Crippen molar-refractivity contribution >= 4 is 80.8 Å². The molecule has 4 aromatic carbocycles. The summed E-state index contributed by atoms with van der Waals surface area (Å²) in [5.74, 6) is -1.52. The standard InChI is InChI=1S/C64H77Cl2N9O11S/c1-9-56(78)72-21-22-73(40(4)35-72)59-49-32-51(66)48(46-12-10-11-13-50(46)65)33-53(49)75(63(82)71-59)52-19-18-44(30-47(52)39(2)3)60(79)67-20-23-83-24-25-84-26-27-85-28-29-86-37-55(77)70-58(64(6,7)8)62(81)74-36-45(76)31-54(74)61(80)68-34-42-14-16-43(17-15-42)57-41(5)69-38-87-57/h9-19,30,32-33,38-40,45,54,58,76H,1,20-29,31,34-37H2,2-8H3,(H,67,79)(H,68,80)(H,70,77)/t40-,45+,54-,58+/m0/s1. The molecule has 2 aromatic heterocycles. The average molecular weight is 1250 g/mol. The van der Waals surface area contributed by atoms with E-state index >= 15 is 0 Å². The van der Waals surface area contributed by atoms with Crippen LogP contribution in [0.3, 0.4) is 0 Å². The Labute approximate surface area is 521 Å². The van der Waals surface area contributed by atoms with Crippen molar-refractivity contribution in [2.75, 3.05) is 90.5 Å². The van der Waals surface area contributed by atoms with Gasteiger partial charge in [-0.05, 0) is 84.3 Å². The van der Waals surface area contributed by atoms with Crippen LogP contribution in [0.15, 0.2) is 102 Å². The van der Waals surface area contributed by atoms with Gasteiger partial charge in [-0.25, -0.2) is 9.78 Å². The summed E-state index contributed by atoms with van der Waals surface area (Å²) in [6.07, 6.45) is 0.480. The summed E-state index contributed by atoms with van der Waals surface area (Å²) in [7, 11) is 0. The van der Waals surface area contributed by atoms with Crippen LogP contribution in [-0.4, -0.2) is 169 Å². The molecule has 23 heteroatoms. The van der Waals surface area contributed by atoms with Crippen molar-refractivity contribution < 1.29 is 48.0 Å². The number of nitrogens with one attached hydrogen (secondary N) is 3. The Morgan fingerprint density at radius 1 is 0.851 bits per heavy atom. The zero-order valence-corrected chi connectivity index (χ0v) is 52.6. The fraction of sp³-hybridized carbons (Fsp3) is 0.438. The summed E-state index contributed by atoms with van der Waals surface area (Å²) in [5, 5.41) is 20.8. The number of nitrogens with zero attached hydrogens (tertiary/aromatic N) is 6. The molecular weight excluding hydrogens is 1170 g/mol. The minimum Gasteiger partial charge on any atom is -0.391 e. The van der Waals surface area contributed by atoms with Crippen LogP contribution in [0.4, 0.5) is 5.82 Å². The second-order valence-corrected chi connectivity index (χ2v) is 24.6. The van der Waals surface area contributed by atoms with Gasteiger partial charge in [0.1, 0.15) is 24.5 Å². The van der Waals surface area contributed by atoms with Gasteiger partial charge in [0.25, 0.3) is 5.91 Å². The summed E-state index contributed by atoms with van der Waals surface area (Å²) in [5.41, 5.74) is 6.96. The van der Waals surface area contributed by atoms with E-state index < -0.39 is 47.0 Å². The molecule has 20 nitrogen and oxygen atoms in total. The molecule has 0 spiro atoms. The number of ether oxygens (including phenoxy) is 4. The maximum absolute atomic E-state index is 14.5. The molecular formula is C64H77Cl2N9O11S. The van der Waals surface area contributed by atoms with E-state index in [1.807, 2.05) is 108 Å².